The van der Waals surface area contributed by atoms with Gasteiger partial charge in [-0.15, -0.1) is 0 Å². The first kappa shape index (κ1) is 13.9. The zero-order valence-electron chi connectivity index (χ0n) is 12.2. The van der Waals surface area contributed by atoms with E-state index in [-0.39, 0.29) is 18.8 Å². The molecule has 0 saturated carbocycles. The van der Waals surface area contributed by atoms with Crippen LogP contribution in [0.25, 0.3) is 0 Å². The molecule has 2 heterocycles. The van der Waals surface area contributed by atoms with Crippen LogP contribution in [0, 0.1) is 0 Å². The number of carbonyl (C=O) groups excluding carboxylic acids is 1. The average molecular weight is 289 g/mol. The van der Waals surface area contributed by atoms with E-state index in [9.17, 15) is 4.79 Å². The number of hydrogen-bond donors (Lipinski definition) is 0. The number of nitrogens with zero attached hydrogens (tertiary/aromatic N) is 1. The Morgan fingerprint density at radius 2 is 2.14 bits per heavy atom. The molecule has 1 atom stereocenters. The third-order valence-electron chi connectivity index (χ3n) is 3.47. The van der Waals surface area contributed by atoms with Crippen molar-refractivity contribution in [1.29, 1.82) is 0 Å². The second kappa shape index (κ2) is 5.41. The summed E-state index contributed by atoms with van der Waals surface area (Å²) in [5, 5.41) is 0. The van der Waals surface area contributed by atoms with E-state index in [1.54, 1.807) is 4.90 Å². The lowest BCUT2D eigenvalue weighted by molar-refractivity contribution is -0.134. The first-order valence-corrected chi connectivity index (χ1v) is 7.06. The van der Waals surface area contributed by atoms with E-state index in [1.165, 1.54) is 0 Å². The minimum absolute atomic E-state index is 0.196. The summed E-state index contributed by atoms with van der Waals surface area (Å²) in [6.45, 7) is 4.95. The Bertz CT molecular complexity index is 553. The van der Waals surface area contributed by atoms with Crippen molar-refractivity contribution in [3.63, 3.8) is 0 Å². The second-order valence-electron chi connectivity index (χ2n) is 5.66. The van der Waals surface area contributed by atoms with Gasteiger partial charge in [0.15, 0.2) is 0 Å². The number of carbonyl (C=O) groups is 1. The predicted molar refractivity (Wildman–Crippen MR) is 76.3 cm³/mol. The summed E-state index contributed by atoms with van der Waals surface area (Å²) >= 11 is 0. The van der Waals surface area contributed by atoms with Gasteiger partial charge in [0.25, 0.3) is 0 Å². The molecule has 0 radical (unpaired) electrons. The van der Waals surface area contributed by atoms with Crippen LogP contribution in [0.15, 0.2) is 42.2 Å². The molecule has 21 heavy (non-hydrogen) atoms. The molecule has 5 nitrogen and oxygen atoms in total. The topological polar surface area (TPSA) is 48.0 Å². The van der Waals surface area contributed by atoms with Crippen molar-refractivity contribution < 1.29 is 19.0 Å². The zero-order valence-corrected chi connectivity index (χ0v) is 12.2. The maximum absolute atomic E-state index is 12.1. The normalized spacial score (nSPS) is 23.0. The van der Waals surface area contributed by atoms with Crippen LogP contribution in [0.1, 0.15) is 19.4 Å². The van der Waals surface area contributed by atoms with E-state index in [4.69, 9.17) is 14.2 Å². The lowest BCUT2D eigenvalue weighted by Gasteiger charge is -2.26. The summed E-state index contributed by atoms with van der Waals surface area (Å²) in [6.07, 6.45) is 1.35. The van der Waals surface area contributed by atoms with E-state index in [0.717, 1.165) is 11.3 Å². The number of benzene rings is 1. The van der Waals surface area contributed by atoms with Crippen LogP contribution in [0.3, 0.4) is 0 Å². The van der Waals surface area contributed by atoms with Gasteiger partial charge in [0.2, 0.25) is 5.79 Å². The fourth-order valence-electron chi connectivity index (χ4n) is 2.51. The van der Waals surface area contributed by atoms with Crippen molar-refractivity contribution in [1.82, 2.24) is 4.90 Å². The SMILES string of the molecule is CC1(C)OC2=CCN(C(=O)OCc3ccccc3)C[C@@H]2O1. The van der Waals surface area contributed by atoms with Crippen LogP contribution in [0.4, 0.5) is 4.79 Å². The summed E-state index contributed by atoms with van der Waals surface area (Å²) in [7, 11) is 0. The molecule has 1 aromatic carbocycles. The summed E-state index contributed by atoms with van der Waals surface area (Å²) in [4.78, 5) is 13.7. The monoisotopic (exact) mass is 289 g/mol. The zero-order chi connectivity index (χ0) is 14.9. The predicted octanol–water partition coefficient (Wildman–Crippen LogP) is 2.67. The number of rotatable bonds is 2. The molecule has 5 heteroatoms. The molecule has 2 aliphatic heterocycles. The molecule has 0 spiro atoms. The summed E-state index contributed by atoms with van der Waals surface area (Å²) in [5.41, 5.74) is 0.973. The maximum atomic E-state index is 12.1. The fourth-order valence-corrected chi connectivity index (χ4v) is 2.51. The highest BCUT2D eigenvalue weighted by Crippen LogP contribution is 2.33. The van der Waals surface area contributed by atoms with Crippen LogP contribution in [0.5, 0.6) is 0 Å². The van der Waals surface area contributed by atoms with E-state index in [0.29, 0.717) is 13.1 Å². The van der Waals surface area contributed by atoms with Crippen LogP contribution in [-0.4, -0.2) is 36.0 Å². The van der Waals surface area contributed by atoms with Crippen molar-refractivity contribution in [2.24, 2.45) is 0 Å². The lowest BCUT2D eigenvalue weighted by atomic mass is 10.2. The van der Waals surface area contributed by atoms with Gasteiger partial charge >= 0.3 is 6.09 Å². The van der Waals surface area contributed by atoms with Gasteiger partial charge in [-0.1, -0.05) is 30.3 Å². The Hall–Kier alpha value is -2.01. The molecule has 0 unspecified atom stereocenters. The van der Waals surface area contributed by atoms with E-state index in [1.807, 2.05) is 50.3 Å². The molecule has 112 valence electrons. The first-order chi connectivity index (χ1) is 10.0. The molecule has 1 fully saturated rings. The van der Waals surface area contributed by atoms with Crippen molar-refractivity contribution in [3.05, 3.63) is 47.7 Å². The highest BCUT2D eigenvalue weighted by molar-refractivity contribution is 5.68. The molecular formula is C16H19NO4. The van der Waals surface area contributed by atoms with E-state index in [2.05, 4.69) is 0 Å². The Kier molecular flexibility index (Phi) is 3.59. The molecule has 3 rings (SSSR count). The Balaban J connectivity index is 1.56. The van der Waals surface area contributed by atoms with Crippen molar-refractivity contribution in [2.75, 3.05) is 13.1 Å². The molecule has 1 aromatic rings. The number of amides is 1. The summed E-state index contributed by atoms with van der Waals surface area (Å²) in [5.74, 6) is 0.188. The number of fused-ring (bicyclic) bond motifs is 1. The van der Waals surface area contributed by atoms with Crippen molar-refractivity contribution >= 4 is 6.09 Å². The minimum Gasteiger partial charge on any atom is -0.465 e. The van der Waals surface area contributed by atoms with Crippen LogP contribution >= 0.6 is 0 Å². The van der Waals surface area contributed by atoms with Crippen molar-refractivity contribution in [2.45, 2.75) is 32.3 Å². The average Bonchev–Trinajstić information content (AvgIpc) is 2.78. The first-order valence-electron chi connectivity index (χ1n) is 7.06. The Morgan fingerprint density at radius 1 is 1.38 bits per heavy atom. The maximum Gasteiger partial charge on any atom is 0.410 e. The largest absolute Gasteiger partial charge is 0.465 e. The molecule has 0 N–H and O–H groups in total. The number of ether oxygens (including phenoxy) is 3. The highest BCUT2D eigenvalue weighted by atomic mass is 16.7. The lowest BCUT2D eigenvalue weighted by Crippen LogP contribution is -2.41. The highest BCUT2D eigenvalue weighted by Gasteiger charge is 2.41. The van der Waals surface area contributed by atoms with Crippen molar-refractivity contribution in [3.8, 4) is 0 Å². The van der Waals surface area contributed by atoms with Crippen LogP contribution in [0.2, 0.25) is 0 Å². The van der Waals surface area contributed by atoms with Gasteiger partial charge in [-0.3, -0.25) is 0 Å². The van der Waals surface area contributed by atoms with Gasteiger partial charge in [0, 0.05) is 20.4 Å². The summed E-state index contributed by atoms with van der Waals surface area (Å²) in [6, 6.07) is 9.63. The van der Waals surface area contributed by atoms with Gasteiger partial charge in [0.05, 0.1) is 6.54 Å². The van der Waals surface area contributed by atoms with Gasteiger partial charge in [-0.25, -0.2) is 4.79 Å². The smallest absolute Gasteiger partial charge is 0.410 e. The van der Waals surface area contributed by atoms with E-state index >= 15 is 0 Å². The Labute approximate surface area is 124 Å². The quantitative estimate of drug-likeness (QED) is 0.840. The molecule has 2 aliphatic rings. The molecule has 0 bridgehead atoms. The van der Waals surface area contributed by atoms with Gasteiger partial charge in [-0.2, -0.15) is 0 Å². The molecule has 1 saturated heterocycles. The van der Waals surface area contributed by atoms with Gasteiger partial charge in [0.1, 0.15) is 18.5 Å². The third-order valence-corrected chi connectivity index (χ3v) is 3.47. The molecule has 0 aliphatic carbocycles. The van der Waals surface area contributed by atoms with Crippen LogP contribution < -0.4 is 0 Å². The standard InChI is InChI=1S/C16H19NO4/c1-16(2)20-13-8-9-17(10-14(13)21-16)15(18)19-11-12-6-4-3-5-7-12/h3-8,14H,9-11H2,1-2H3/t14-/m0/s1. The summed E-state index contributed by atoms with van der Waals surface area (Å²) < 4.78 is 16.8. The third kappa shape index (κ3) is 3.19. The molecule has 0 aromatic heterocycles. The Morgan fingerprint density at radius 3 is 2.90 bits per heavy atom. The van der Waals surface area contributed by atoms with E-state index < -0.39 is 5.79 Å². The van der Waals surface area contributed by atoms with Gasteiger partial charge in [-0.05, 0) is 11.6 Å². The fraction of sp³-hybridized carbons (Fsp3) is 0.438. The van der Waals surface area contributed by atoms with Crippen LogP contribution in [-0.2, 0) is 20.8 Å². The second-order valence-corrected chi connectivity index (χ2v) is 5.66. The molecular weight excluding hydrogens is 270 g/mol. The van der Waals surface area contributed by atoms with Gasteiger partial charge < -0.3 is 19.1 Å². The minimum atomic E-state index is -0.625. The number of hydrogen-bond acceptors (Lipinski definition) is 4. The molecule has 1 amide bonds.